The minimum atomic E-state index is -0.230. The van der Waals surface area contributed by atoms with Crippen molar-refractivity contribution in [3.63, 3.8) is 0 Å². The average molecular weight is 388 g/mol. The molecule has 1 unspecified atom stereocenters. The molecule has 1 aromatic heterocycles. The van der Waals surface area contributed by atoms with Crippen LogP contribution in [0.25, 0.3) is 0 Å². The van der Waals surface area contributed by atoms with Gasteiger partial charge in [0.2, 0.25) is 11.0 Å². The lowest BCUT2D eigenvalue weighted by atomic mass is 10.3. The minimum Gasteiger partial charge on any atom is -0.300 e. The van der Waals surface area contributed by atoms with Gasteiger partial charge in [0.25, 0.3) is 0 Å². The summed E-state index contributed by atoms with van der Waals surface area (Å²) in [6.45, 7) is 6.18. The van der Waals surface area contributed by atoms with Gasteiger partial charge in [-0.3, -0.25) is 10.1 Å². The van der Waals surface area contributed by atoms with Crippen molar-refractivity contribution in [2.75, 3.05) is 11.1 Å². The van der Waals surface area contributed by atoms with E-state index in [9.17, 15) is 4.79 Å². The average Bonchev–Trinajstić information content (AvgIpc) is 2.95. The normalized spacial score (nSPS) is 12.4. The van der Waals surface area contributed by atoms with Gasteiger partial charge in [0.15, 0.2) is 4.34 Å². The van der Waals surface area contributed by atoms with Crippen molar-refractivity contribution in [3.05, 3.63) is 29.3 Å². The molecule has 1 atom stereocenters. The summed E-state index contributed by atoms with van der Waals surface area (Å²) in [4.78, 5) is 13.2. The van der Waals surface area contributed by atoms with Crippen molar-refractivity contribution < 1.29 is 4.79 Å². The van der Waals surface area contributed by atoms with Crippen LogP contribution in [0.2, 0.25) is 5.02 Å². The molecular formula is C15H18ClN3OS3. The van der Waals surface area contributed by atoms with E-state index >= 15 is 0 Å². The Morgan fingerprint density at radius 2 is 1.96 bits per heavy atom. The van der Waals surface area contributed by atoms with Crippen LogP contribution in [0.3, 0.4) is 0 Å². The topological polar surface area (TPSA) is 54.9 Å². The molecule has 1 amide bonds. The SMILES string of the molecule is CC(C)CSc1nnc(NC(=O)C(C)Sc2ccc(Cl)cc2)s1. The monoisotopic (exact) mass is 387 g/mol. The Morgan fingerprint density at radius 3 is 2.61 bits per heavy atom. The third kappa shape index (κ3) is 6.33. The molecule has 0 aliphatic carbocycles. The molecule has 1 heterocycles. The predicted octanol–water partition coefficient (Wildman–Crippen LogP) is 5.06. The number of benzene rings is 1. The van der Waals surface area contributed by atoms with E-state index < -0.39 is 0 Å². The molecule has 0 bridgehead atoms. The summed E-state index contributed by atoms with van der Waals surface area (Å²) in [5, 5.41) is 11.9. The van der Waals surface area contributed by atoms with Crippen molar-refractivity contribution >= 4 is 57.5 Å². The molecule has 1 N–H and O–H groups in total. The van der Waals surface area contributed by atoms with Gasteiger partial charge >= 0.3 is 0 Å². The van der Waals surface area contributed by atoms with Crippen molar-refractivity contribution in [1.29, 1.82) is 0 Å². The maximum absolute atomic E-state index is 12.2. The molecule has 23 heavy (non-hydrogen) atoms. The number of thioether (sulfide) groups is 2. The Balaban J connectivity index is 1.86. The van der Waals surface area contributed by atoms with E-state index in [4.69, 9.17) is 11.6 Å². The Kier molecular flexibility index (Phi) is 7.20. The molecule has 2 aromatic rings. The second-order valence-electron chi connectivity index (χ2n) is 5.28. The van der Waals surface area contributed by atoms with E-state index in [2.05, 4.69) is 29.4 Å². The number of aromatic nitrogens is 2. The number of carbonyl (C=O) groups excluding carboxylic acids is 1. The van der Waals surface area contributed by atoms with Crippen molar-refractivity contribution in [1.82, 2.24) is 10.2 Å². The molecular weight excluding hydrogens is 370 g/mol. The van der Waals surface area contributed by atoms with Crippen LogP contribution in [0.4, 0.5) is 5.13 Å². The van der Waals surface area contributed by atoms with E-state index in [1.165, 1.54) is 23.1 Å². The van der Waals surface area contributed by atoms with Crippen LogP contribution in [-0.4, -0.2) is 27.1 Å². The summed E-state index contributed by atoms with van der Waals surface area (Å²) in [6.07, 6.45) is 0. The molecule has 0 saturated carbocycles. The summed E-state index contributed by atoms with van der Waals surface area (Å²) in [6, 6.07) is 7.44. The molecule has 0 radical (unpaired) electrons. The molecule has 124 valence electrons. The predicted molar refractivity (Wildman–Crippen MR) is 101 cm³/mol. The largest absolute Gasteiger partial charge is 0.300 e. The number of carbonyl (C=O) groups is 1. The van der Waals surface area contributed by atoms with Crippen molar-refractivity contribution in [2.45, 2.75) is 35.3 Å². The fraction of sp³-hybridized carbons (Fsp3) is 0.400. The maximum atomic E-state index is 12.2. The Bertz CT molecular complexity index is 646. The van der Waals surface area contributed by atoms with E-state index in [0.717, 1.165) is 15.0 Å². The second kappa shape index (κ2) is 8.92. The summed E-state index contributed by atoms with van der Waals surface area (Å²) >= 11 is 10.4. The van der Waals surface area contributed by atoms with Crippen molar-refractivity contribution in [2.24, 2.45) is 5.92 Å². The summed E-state index contributed by atoms with van der Waals surface area (Å²) in [7, 11) is 0. The lowest BCUT2D eigenvalue weighted by Gasteiger charge is -2.10. The van der Waals surface area contributed by atoms with Gasteiger partial charge in [-0.2, -0.15) is 0 Å². The first-order chi connectivity index (χ1) is 10.9. The first kappa shape index (κ1) is 18.6. The third-order valence-electron chi connectivity index (χ3n) is 2.67. The molecule has 8 heteroatoms. The Morgan fingerprint density at radius 1 is 1.26 bits per heavy atom. The molecule has 4 nitrogen and oxygen atoms in total. The van der Waals surface area contributed by atoms with Gasteiger partial charge in [0, 0.05) is 15.7 Å². The summed E-state index contributed by atoms with van der Waals surface area (Å²) in [5.41, 5.74) is 0. The van der Waals surface area contributed by atoms with E-state index in [-0.39, 0.29) is 11.2 Å². The van der Waals surface area contributed by atoms with E-state index in [1.807, 2.05) is 31.2 Å². The fourth-order valence-corrected chi connectivity index (χ4v) is 4.26. The van der Waals surface area contributed by atoms with Crippen LogP contribution in [0, 0.1) is 5.92 Å². The zero-order chi connectivity index (χ0) is 16.8. The molecule has 0 fully saturated rings. The van der Waals surface area contributed by atoms with Gasteiger partial charge < -0.3 is 0 Å². The number of anilines is 1. The van der Waals surface area contributed by atoms with Crippen molar-refractivity contribution in [3.8, 4) is 0 Å². The molecule has 0 aliphatic heterocycles. The maximum Gasteiger partial charge on any atom is 0.239 e. The third-order valence-corrected chi connectivity index (χ3v) is 6.44. The smallest absolute Gasteiger partial charge is 0.239 e. The Hall–Kier alpha value is -0.760. The zero-order valence-electron chi connectivity index (χ0n) is 13.1. The van der Waals surface area contributed by atoms with Crippen LogP contribution < -0.4 is 5.32 Å². The fourth-order valence-electron chi connectivity index (χ4n) is 1.53. The number of rotatable bonds is 7. The Labute approximate surface area is 153 Å². The van der Waals surface area contributed by atoms with Crippen LogP contribution in [0.15, 0.2) is 33.5 Å². The van der Waals surface area contributed by atoms with E-state index in [1.54, 1.807) is 11.8 Å². The van der Waals surface area contributed by atoms with Gasteiger partial charge in [-0.15, -0.1) is 22.0 Å². The molecule has 0 saturated heterocycles. The minimum absolute atomic E-state index is 0.0819. The van der Waals surface area contributed by atoms with Gasteiger partial charge in [-0.1, -0.05) is 48.5 Å². The number of halogens is 1. The zero-order valence-corrected chi connectivity index (χ0v) is 16.3. The van der Waals surface area contributed by atoms with E-state index in [0.29, 0.717) is 16.1 Å². The van der Waals surface area contributed by atoms with Crippen LogP contribution >= 0.6 is 46.5 Å². The lowest BCUT2D eigenvalue weighted by molar-refractivity contribution is -0.115. The quantitative estimate of drug-likeness (QED) is 0.531. The summed E-state index contributed by atoms with van der Waals surface area (Å²) < 4.78 is 0.881. The highest BCUT2D eigenvalue weighted by molar-refractivity contribution is 8.01. The molecule has 1 aromatic carbocycles. The number of nitrogens with zero attached hydrogens (tertiary/aromatic N) is 2. The van der Waals surface area contributed by atoms with Gasteiger partial charge in [0.05, 0.1) is 5.25 Å². The second-order valence-corrected chi connectivity index (χ2v) is 9.38. The van der Waals surface area contributed by atoms with Gasteiger partial charge in [-0.05, 0) is 37.1 Å². The molecule has 0 spiro atoms. The van der Waals surface area contributed by atoms with Crippen LogP contribution in [0.5, 0.6) is 0 Å². The van der Waals surface area contributed by atoms with Gasteiger partial charge in [-0.25, -0.2) is 0 Å². The number of amides is 1. The summed E-state index contributed by atoms with van der Waals surface area (Å²) in [5.74, 6) is 1.50. The highest BCUT2D eigenvalue weighted by atomic mass is 35.5. The van der Waals surface area contributed by atoms with Crippen LogP contribution in [-0.2, 0) is 4.79 Å². The first-order valence-corrected chi connectivity index (χ1v) is 10.2. The highest BCUT2D eigenvalue weighted by Gasteiger charge is 2.16. The van der Waals surface area contributed by atoms with Gasteiger partial charge in [0.1, 0.15) is 0 Å². The van der Waals surface area contributed by atoms with Crippen LogP contribution in [0.1, 0.15) is 20.8 Å². The number of hydrogen-bond acceptors (Lipinski definition) is 6. The standard InChI is InChI=1S/C15H18ClN3OS3/c1-9(2)8-21-15-19-18-14(23-15)17-13(20)10(3)22-12-6-4-11(16)5-7-12/h4-7,9-10H,8H2,1-3H3,(H,17,18,20). The molecule has 2 rings (SSSR count). The number of hydrogen-bond donors (Lipinski definition) is 1. The number of nitrogens with one attached hydrogen (secondary N) is 1. The lowest BCUT2D eigenvalue weighted by Crippen LogP contribution is -2.22. The highest BCUT2D eigenvalue weighted by Crippen LogP contribution is 2.29. The first-order valence-electron chi connectivity index (χ1n) is 7.13. The molecule has 0 aliphatic rings.